The molecule has 8 nitrogen and oxygen atoms in total. The minimum Gasteiger partial charge on any atom is -0.479 e. The maximum atomic E-state index is 11.8. The third kappa shape index (κ3) is 4.66. The van der Waals surface area contributed by atoms with Crippen molar-refractivity contribution < 1.29 is 19.7 Å². The van der Waals surface area contributed by atoms with Crippen molar-refractivity contribution in [1.29, 1.82) is 0 Å². The Bertz CT molecular complexity index is 1200. The number of rotatable bonds is 7. The number of aromatic nitrogens is 3. The van der Waals surface area contributed by atoms with Crippen molar-refractivity contribution in [2.75, 3.05) is 24.6 Å². The Morgan fingerprint density at radius 2 is 2.09 bits per heavy atom. The van der Waals surface area contributed by atoms with Crippen molar-refractivity contribution in [2.24, 2.45) is 0 Å². The van der Waals surface area contributed by atoms with Crippen LogP contribution in [0, 0.1) is 6.92 Å². The van der Waals surface area contributed by atoms with Crippen molar-refractivity contribution >= 4 is 33.5 Å². The second kappa shape index (κ2) is 9.24. The number of hydrogen-bond acceptors (Lipinski definition) is 6. The van der Waals surface area contributed by atoms with Crippen LogP contribution in [0.5, 0.6) is 0 Å². The van der Waals surface area contributed by atoms with Crippen molar-refractivity contribution in [3.63, 3.8) is 0 Å². The molecule has 4 rings (SSSR count). The number of aliphatic hydroxyl groups excluding tert-OH is 1. The Balaban J connectivity index is 1.82. The molecular formula is C24H27BrN4O4. The number of halogens is 1. The number of anilines is 1. The fraction of sp³-hybridized carbons (Fsp3) is 0.375. The highest BCUT2D eigenvalue weighted by molar-refractivity contribution is 9.10. The zero-order valence-corrected chi connectivity index (χ0v) is 20.2. The van der Waals surface area contributed by atoms with E-state index in [0.29, 0.717) is 42.7 Å². The topological polar surface area (TPSA) is 100 Å². The second-order valence-electron chi connectivity index (χ2n) is 8.52. The molecule has 1 aliphatic heterocycles. The quantitative estimate of drug-likeness (QED) is 0.456. The summed E-state index contributed by atoms with van der Waals surface area (Å²) < 4.78 is 8.70. The van der Waals surface area contributed by atoms with Crippen LogP contribution in [0.1, 0.15) is 37.1 Å². The van der Waals surface area contributed by atoms with Gasteiger partial charge in [0.05, 0.1) is 29.2 Å². The van der Waals surface area contributed by atoms with Gasteiger partial charge in [0, 0.05) is 29.3 Å². The second-order valence-corrected chi connectivity index (χ2v) is 9.43. The highest BCUT2D eigenvalue weighted by atomic mass is 79.9. The molecule has 1 unspecified atom stereocenters. The number of carboxylic acids is 1. The van der Waals surface area contributed by atoms with Gasteiger partial charge in [0.2, 0.25) is 5.78 Å². The number of fused-ring (bicyclic) bond motifs is 1. The molecule has 174 valence electrons. The lowest BCUT2D eigenvalue weighted by atomic mass is 9.92. The van der Waals surface area contributed by atoms with E-state index in [0.717, 1.165) is 22.9 Å². The largest absolute Gasteiger partial charge is 0.479 e. The van der Waals surface area contributed by atoms with Crippen LogP contribution in [0.15, 0.2) is 47.6 Å². The molecule has 0 bridgehead atoms. The molecule has 0 aliphatic carbocycles. The van der Waals surface area contributed by atoms with Crippen molar-refractivity contribution in [2.45, 2.75) is 38.4 Å². The van der Waals surface area contributed by atoms with E-state index in [-0.39, 0.29) is 11.2 Å². The van der Waals surface area contributed by atoms with Crippen LogP contribution in [0.3, 0.4) is 0 Å². The number of imidazole rings is 1. The van der Waals surface area contributed by atoms with E-state index in [1.54, 1.807) is 17.4 Å². The van der Waals surface area contributed by atoms with Gasteiger partial charge in [0.15, 0.2) is 6.10 Å². The van der Waals surface area contributed by atoms with E-state index >= 15 is 0 Å². The lowest BCUT2D eigenvalue weighted by Crippen LogP contribution is -2.45. The van der Waals surface area contributed by atoms with Crippen LogP contribution in [0.25, 0.3) is 17.0 Å². The predicted octanol–water partition coefficient (Wildman–Crippen LogP) is 4.15. The smallest absolute Gasteiger partial charge is 0.337 e. The summed E-state index contributed by atoms with van der Waals surface area (Å²) in [4.78, 5) is 23.1. The zero-order valence-electron chi connectivity index (χ0n) is 18.7. The molecule has 1 saturated heterocycles. The van der Waals surface area contributed by atoms with Crippen LogP contribution < -0.4 is 4.90 Å². The molecule has 3 aromatic rings. The molecule has 0 spiro atoms. The summed E-state index contributed by atoms with van der Waals surface area (Å²) in [5.74, 6) is -0.258. The standard InChI is InChI=1S/C24H27BrN4O4/c1-4-12-33-24(3)8-10-28(11-9-24)21-19(20(30)22(31)32)15(2)26-23-27-18(14-29(21)23)16-6-5-7-17(25)13-16/h4-7,13-14,20,30H,1,8-12H2,2-3H3,(H,31,32). The van der Waals surface area contributed by atoms with E-state index in [2.05, 4.69) is 39.3 Å². The van der Waals surface area contributed by atoms with E-state index < -0.39 is 12.1 Å². The SMILES string of the molecule is C=CCOC1(C)CCN(c2c(C(O)C(=O)O)c(C)nc3nc(-c4cccc(Br)c4)cn23)CC1. The van der Waals surface area contributed by atoms with Crippen molar-refractivity contribution in [3.05, 3.63) is 58.8 Å². The van der Waals surface area contributed by atoms with Crippen LogP contribution in [-0.2, 0) is 9.53 Å². The molecule has 1 fully saturated rings. The van der Waals surface area contributed by atoms with E-state index in [1.165, 1.54) is 0 Å². The summed E-state index contributed by atoms with van der Waals surface area (Å²) in [5.41, 5.74) is 2.05. The fourth-order valence-electron chi connectivity index (χ4n) is 4.26. The molecule has 0 radical (unpaired) electrons. The Kier molecular flexibility index (Phi) is 6.56. The van der Waals surface area contributed by atoms with Gasteiger partial charge in [-0.3, -0.25) is 4.40 Å². The Hall–Kier alpha value is -2.75. The molecular weight excluding hydrogens is 488 g/mol. The summed E-state index contributed by atoms with van der Waals surface area (Å²) in [6, 6.07) is 7.78. The zero-order chi connectivity index (χ0) is 23.8. The number of hydrogen-bond donors (Lipinski definition) is 2. The maximum absolute atomic E-state index is 11.8. The third-order valence-electron chi connectivity index (χ3n) is 6.11. The van der Waals surface area contributed by atoms with Gasteiger partial charge in [-0.15, -0.1) is 6.58 Å². The van der Waals surface area contributed by atoms with Crippen LogP contribution in [0.2, 0.25) is 0 Å². The molecule has 9 heteroatoms. The average molecular weight is 515 g/mol. The van der Waals surface area contributed by atoms with Gasteiger partial charge in [-0.1, -0.05) is 34.1 Å². The Morgan fingerprint density at radius 3 is 2.73 bits per heavy atom. The number of carboxylic acid groups (broad SMARTS) is 1. The van der Waals surface area contributed by atoms with Gasteiger partial charge in [-0.25, -0.2) is 14.8 Å². The highest BCUT2D eigenvalue weighted by Gasteiger charge is 2.35. The number of aryl methyl sites for hydroxylation is 1. The molecule has 2 aromatic heterocycles. The number of carbonyl (C=O) groups is 1. The first kappa shape index (κ1) is 23.4. The average Bonchev–Trinajstić information content (AvgIpc) is 3.21. The number of nitrogens with zero attached hydrogens (tertiary/aromatic N) is 4. The molecule has 0 saturated carbocycles. The van der Waals surface area contributed by atoms with Gasteiger partial charge < -0.3 is 19.8 Å². The lowest BCUT2D eigenvalue weighted by Gasteiger charge is -2.41. The molecule has 3 heterocycles. The first-order chi connectivity index (χ1) is 15.7. The lowest BCUT2D eigenvalue weighted by molar-refractivity contribution is -0.147. The summed E-state index contributed by atoms with van der Waals surface area (Å²) in [6.45, 7) is 9.26. The summed E-state index contributed by atoms with van der Waals surface area (Å²) in [6.07, 6.45) is 3.39. The Morgan fingerprint density at radius 1 is 1.36 bits per heavy atom. The van der Waals surface area contributed by atoms with Crippen LogP contribution >= 0.6 is 15.9 Å². The van der Waals surface area contributed by atoms with E-state index in [1.807, 2.05) is 30.5 Å². The van der Waals surface area contributed by atoms with Gasteiger partial charge >= 0.3 is 5.97 Å². The van der Waals surface area contributed by atoms with Gasteiger partial charge in [0.1, 0.15) is 5.82 Å². The summed E-state index contributed by atoms with van der Waals surface area (Å²) >= 11 is 3.49. The number of benzene rings is 1. The minimum absolute atomic E-state index is 0.281. The van der Waals surface area contributed by atoms with E-state index in [4.69, 9.17) is 9.72 Å². The number of piperidine rings is 1. The maximum Gasteiger partial charge on any atom is 0.337 e. The normalized spacial score (nSPS) is 16.7. The highest BCUT2D eigenvalue weighted by Crippen LogP contribution is 2.36. The fourth-order valence-corrected chi connectivity index (χ4v) is 4.66. The molecule has 1 atom stereocenters. The molecule has 2 N–H and O–H groups in total. The number of aliphatic hydroxyl groups is 1. The van der Waals surface area contributed by atoms with E-state index in [9.17, 15) is 15.0 Å². The third-order valence-corrected chi connectivity index (χ3v) is 6.61. The van der Waals surface area contributed by atoms with Crippen molar-refractivity contribution in [3.8, 4) is 11.3 Å². The first-order valence-electron chi connectivity index (χ1n) is 10.8. The van der Waals surface area contributed by atoms with Crippen LogP contribution in [0.4, 0.5) is 5.82 Å². The monoisotopic (exact) mass is 514 g/mol. The van der Waals surface area contributed by atoms with Crippen molar-refractivity contribution in [1.82, 2.24) is 14.4 Å². The Labute approximate surface area is 200 Å². The first-order valence-corrected chi connectivity index (χ1v) is 11.6. The van der Waals surface area contributed by atoms with Crippen LogP contribution in [-0.4, -0.2) is 55.8 Å². The number of aliphatic carboxylic acids is 1. The minimum atomic E-state index is -1.70. The summed E-state index contributed by atoms with van der Waals surface area (Å²) in [7, 11) is 0. The van der Waals surface area contributed by atoms with Gasteiger partial charge in [-0.05, 0) is 38.8 Å². The molecule has 1 aliphatic rings. The summed E-state index contributed by atoms with van der Waals surface area (Å²) in [5, 5.41) is 20.2. The molecule has 1 aromatic carbocycles. The predicted molar refractivity (Wildman–Crippen MR) is 129 cm³/mol. The molecule has 0 amide bonds. The number of ether oxygens (including phenoxy) is 1. The van der Waals surface area contributed by atoms with Gasteiger partial charge in [0.25, 0.3) is 0 Å². The molecule has 33 heavy (non-hydrogen) atoms. The van der Waals surface area contributed by atoms with Gasteiger partial charge in [-0.2, -0.15) is 0 Å².